The Kier molecular flexibility index (Phi) is 6.66. The van der Waals surface area contributed by atoms with Crippen LogP contribution in [0, 0.1) is 6.92 Å². The largest absolute Gasteiger partial charge is 0.351 e. The lowest BCUT2D eigenvalue weighted by Gasteiger charge is -2.36. The van der Waals surface area contributed by atoms with Gasteiger partial charge in [0, 0.05) is 17.5 Å². The summed E-state index contributed by atoms with van der Waals surface area (Å²) < 4.78 is 1.75. The summed E-state index contributed by atoms with van der Waals surface area (Å²) in [6, 6.07) is 26.2. The minimum absolute atomic E-state index is 0.00389. The van der Waals surface area contributed by atoms with Crippen LogP contribution in [0.1, 0.15) is 47.9 Å². The number of aryl methyl sites for hydroxylation is 1. The summed E-state index contributed by atoms with van der Waals surface area (Å²) in [4.78, 5) is 32.5. The molecule has 0 saturated heterocycles. The van der Waals surface area contributed by atoms with E-state index in [-0.39, 0.29) is 22.6 Å². The average Bonchev–Trinajstić information content (AvgIpc) is 3.39. The molecule has 2 aliphatic carbocycles. The highest BCUT2D eigenvalue weighted by Gasteiger charge is 2.44. The Morgan fingerprint density at radius 1 is 1.00 bits per heavy atom. The van der Waals surface area contributed by atoms with Crippen LogP contribution in [0.2, 0.25) is 0 Å². The lowest BCUT2D eigenvalue weighted by molar-refractivity contribution is -0.118. The van der Waals surface area contributed by atoms with Crippen molar-refractivity contribution in [3.05, 3.63) is 111 Å². The maximum Gasteiger partial charge on any atom is 0.263 e. The lowest BCUT2D eigenvalue weighted by Crippen LogP contribution is -2.40. The highest BCUT2D eigenvalue weighted by atomic mass is 32.2. The van der Waals surface area contributed by atoms with E-state index < -0.39 is 0 Å². The van der Waals surface area contributed by atoms with Crippen molar-refractivity contribution < 1.29 is 4.79 Å². The second-order valence-corrected chi connectivity index (χ2v) is 11.4. The van der Waals surface area contributed by atoms with Crippen LogP contribution in [-0.2, 0) is 23.2 Å². The molecule has 1 spiro atoms. The maximum atomic E-state index is 14.5. The molecular weight excluding hydrogens is 490 g/mol. The molecule has 4 aromatic rings. The highest BCUT2D eigenvalue weighted by Crippen LogP contribution is 2.50. The van der Waals surface area contributed by atoms with Crippen LogP contribution in [0.4, 0.5) is 0 Å². The second-order valence-electron chi connectivity index (χ2n) is 10.5. The van der Waals surface area contributed by atoms with Crippen molar-refractivity contribution in [1.29, 1.82) is 0 Å². The Morgan fingerprint density at radius 2 is 1.76 bits per heavy atom. The minimum atomic E-state index is -0.171. The molecule has 2 aliphatic rings. The van der Waals surface area contributed by atoms with Crippen LogP contribution < -0.4 is 10.9 Å². The standard InChI is InChI=1S/C32H31N3O2S/c1-22-10-9-14-25(18-22)35-30(37)28-29(26-15-6-5-13-24(26)19-32(28)16-7-8-17-32)34-31(35)38-21-27(36)33-20-23-11-3-2-4-12-23/h2-6,9-15,18H,7-8,16-17,19-21H2,1H3,(H,33,36). The summed E-state index contributed by atoms with van der Waals surface area (Å²) in [5.74, 6) is 0.0886. The lowest BCUT2D eigenvalue weighted by atomic mass is 9.68. The predicted molar refractivity (Wildman–Crippen MR) is 153 cm³/mol. The predicted octanol–water partition coefficient (Wildman–Crippen LogP) is 5.98. The Bertz CT molecular complexity index is 1550. The Hall–Kier alpha value is -3.64. The summed E-state index contributed by atoms with van der Waals surface area (Å²) >= 11 is 1.32. The van der Waals surface area contributed by atoms with Crippen molar-refractivity contribution in [2.24, 2.45) is 0 Å². The van der Waals surface area contributed by atoms with Crippen molar-refractivity contribution in [1.82, 2.24) is 14.9 Å². The Balaban J connectivity index is 1.43. The van der Waals surface area contributed by atoms with Crippen molar-refractivity contribution in [2.75, 3.05) is 5.75 Å². The fourth-order valence-corrected chi connectivity index (χ4v) is 6.92. The first-order valence-corrected chi connectivity index (χ1v) is 14.3. The van der Waals surface area contributed by atoms with Crippen LogP contribution in [0.5, 0.6) is 0 Å². The van der Waals surface area contributed by atoms with Gasteiger partial charge >= 0.3 is 0 Å². The van der Waals surface area contributed by atoms with E-state index in [1.807, 2.05) is 67.6 Å². The fraction of sp³-hybridized carbons (Fsp3) is 0.281. The monoisotopic (exact) mass is 521 g/mol. The van der Waals surface area contributed by atoms with E-state index in [0.29, 0.717) is 11.7 Å². The van der Waals surface area contributed by atoms with Crippen molar-refractivity contribution >= 4 is 17.7 Å². The number of fused-ring (bicyclic) bond motifs is 4. The smallest absolute Gasteiger partial charge is 0.263 e. The van der Waals surface area contributed by atoms with E-state index in [0.717, 1.165) is 65.7 Å². The van der Waals surface area contributed by atoms with E-state index >= 15 is 0 Å². The van der Waals surface area contributed by atoms with Crippen molar-refractivity contribution in [3.8, 4) is 16.9 Å². The van der Waals surface area contributed by atoms with Gasteiger partial charge in [-0.1, -0.05) is 91.3 Å². The first kappa shape index (κ1) is 24.7. The van der Waals surface area contributed by atoms with Crippen LogP contribution in [-0.4, -0.2) is 21.2 Å². The molecule has 1 heterocycles. The number of hydrogen-bond donors (Lipinski definition) is 1. The molecule has 1 amide bonds. The van der Waals surface area contributed by atoms with Gasteiger partial charge in [-0.3, -0.25) is 14.2 Å². The molecule has 0 bridgehead atoms. The van der Waals surface area contributed by atoms with E-state index in [1.54, 1.807) is 4.57 Å². The molecule has 0 aliphatic heterocycles. The number of aromatic nitrogens is 2. The average molecular weight is 522 g/mol. The Labute approximate surface area is 227 Å². The van der Waals surface area contributed by atoms with E-state index in [1.165, 1.54) is 17.3 Å². The first-order valence-electron chi connectivity index (χ1n) is 13.3. The molecule has 0 atom stereocenters. The molecular formula is C32H31N3O2S. The topological polar surface area (TPSA) is 64.0 Å². The number of nitrogens with one attached hydrogen (secondary N) is 1. The molecule has 1 saturated carbocycles. The SMILES string of the molecule is Cc1cccc(-n2c(SCC(=O)NCc3ccccc3)nc3c(c2=O)C2(CCCC2)Cc2ccccc2-3)c1. The van der Waals surface area contributed by atoms with Gasteiger partial charge in [0.15, 0.2) is 5.16 Å². The quantitative estimate of drug-likeness (QED) is 0.250. The van der Waals surface area contributed by atoms with Crippen LogP contribution in [0.15, 0.2) is 88.8 Å². The Morgan fingerprint density at radius 3 is 2.55 bits per heavy atom. The summed E-state index contributed by atoms with van der Waals surface area (Å²) in [6.07, 6.45) is 5.16. The van der Waals surface area contributed by atoms with E-state index in [2.05, 4.69) is 23.5 Å². The molecule has 0 unspecified atom stereocenters. The number of benzene rings is 3. The van der Waals surface area contributed by atoms with E-state index in [9.17, 15) is 9.59 Å². The fourth-order valence-electron chi connectivity index (χ4n) is 6.08. The number of rotatable bonds is 6. The van der Waals surface area contributed by atoms with Gasteiger partial charge in [0.05, 0.1) is 22.7 Å². The number of thioether (sulfide) groups is 1. The third-order valence-electron chi connectivity index (χ3n) is 7.87. The normalized spacial score (nSPS) is 15.2. The molecule has 6 rings (SSSR count). The van der Waals surface area contributed by atoms with Gasteiger partial charge in [0.1, 0.15) is 0 Å². The third-order valence-corrected chi connectivity index (χ3v) is 8.81. The van der Waals surface area contributed by atoms with Crippen molar-refractivity contribution in [2.45, 2.75) is 56.1 Å². The summed E-state index contributed by atoms with van der Waals surface area (Å²) in [5.41, 5.74) is 6.71. The van der Waals surface area contributed by atoms with E-state index in [4.69, 9.17) is 4.98 Å². The van der Waals surface area contributed by atoms with Gasteiger partial charge in [-0.15, -0.1) is 0 Å². The van der Waals surface area contributed by atoms with Crippen molar-refractivity contribution in [3.63, 3.8) is 0 Å². The van der Waals surface area contributed by atoms with Gasteiger partial charge in [-0.25, -0.2) is 4.98 Å². The van der Waals surface area contributed by atoms with Gasteiger partial charge in [0.2, 0.25) is 5.91 Å². The number of carbonyl (C=O) groups is 1. The molecule has 3 aromatic carbocycles. The van der Waals surface area contributed by atoms with Gasteiger partial charge in [-0.05, 0) is 55.0 Å². The summed E-state index contributed by atoms with van der Waals surface area (Å²) in [6.45, 7) is 2.50. The maximum absolute atomic E-state index is 14.5. The van der Waals surface area contributed by atoms with Crippen LogP contribution in [0.3, 0.4) is 0 Å². The molecule has 5 nitrogen and oxygen atoms in total. The van der Waals surface area contributed by atoms with Crippen LogP contribution >= 0.6 is 11.8 Å². The number of amides is 1. The number of hydrogen-bond acceptors (Lipinski definition) is 4. The number of carbonyl (C=O) groups excluding carboxylic acids is 1. The minimum Gasteiger partial charge on any atom is -0.351 e. The molecule has 38 heavy (non-hydrogen) atoms. The zero-order valence-electron chi connectivity index (χ0n) is 21.6. The third kappa shape index (κ3) is 4.58. The zero-order chi connectivity index (χ0) is 26.1. The zero-order valence-corrected chi connectivity index (χ0v) is 22.4. The van der Waals surface area contributed by atoms with Gasteiger partial charge in [-0.2, -0.15) is 0 Å². The van der Waals surface area contributed by atoms with Gasteiger partial charge < -0.3 is 5.32 Å². The molecule has 1 aromatic heterocycles. The molecule has 1 fully saturated rings. The summed E-state index contributed by atoms with van der Waals surface area (Å²) in [5, 5.41) is 3.55. The molecule has 0 radical (unpaired) electrons. The first-order chi connectivity index (χ1) is 18.5. The number of nitrogens with zero attached hydrogens (tertiary/aromatic N) is 2. The van der Waals surface area contributed by atoms with Crippen LogP contribution in [0.25, 0.3) is 16.9 Å². The summed E-state index contributed by atoms with van der Waals surface area (Å²) in [7, 11) is 0. The second kappa shape index (κ2) is 10.3. The molecule has 192 valence electrons. The molecule has 6 heteroatoms. The van der Waals surface area contributed by atoms with Gasteiger partial charge in [0.25, 0.3) is 5.56 Å². The highest BCUT2D eigenvalue weighted by molar-refractivity contribution is 7.99. The molecule has 1 N–H and O–H groups in total.